The highest BCUT2D eigenvalue weighted by Crippen LogP contribution is 2.37. The molecule has 11 heteroatoms. The van der Waals surface area contributed by atoms with Gasteiger partial charge < -0.3 is 25.2 Å². The lowest BCUT2D eigenvalue weighted by molar-refractivity contribution is -0.137. The molecule has 3 rings (SSSR count). The third-order valence-corrected chi connectivity index (χ3v) is 6.45. The minimum atomic E-state index is -4.72. The molecule has 4 N–H and O–H groups in total. The van der Waals surface area contributed by atoms with Crippen LogP contribution in [0.15, 0.2) is 36.4 Å². The van der Waals surface area contributed by atoms with Gasteiger partial charge in [0.05, 0.1) is 23.5 Å². The number of aliphatic hydroxyl groups excluding tert-OH is 4. The third-order valence-electron chi connectivity index (χ3n) is 4.79. The van der Waals surface area contributed by atoms with Crippen molar-refractivity contribution in [3.05, 3.63) is 63.9 Å². The highest BCUT2D eigenvalue weighted by molar-refractivity contribution is 8.00. The average molecular weight is 483 g/mol. The minimum Gasteiger partial charge on any atom is -0.477 e. The Morgan fingerprint density at radius 1 is 1.00 bits per heavy atom. The van der Waals surface area contributed by atoms with Crippen molar-refractivity contribution in [1.29, 1.82) is 0 Å². The van der Waals surface area contributed by atoms with E-state index in [0.29, 0.717) is 11.6 Å². The molecular weight excluding hydrogens is 464 g/mol. The normalized spacial score (nSPS) is 26.7. The van der Waals surface area contributed by atoms with Gasteiger partial charge in [-0.15, -0.1) is 11.8 Å². The van der Waals surface area contributed by atoms with Crippen molar-refractivity contribution in [2.45, 2.75) is 41.6 Å². The topological polar surface area (TPSA) is 90.2 Å². The average Bonchev–Trinajstić information content (AvgIpc) is 2.69. The summed E-state index contributed by atoms with van der Waals surface area (Å²) < 4.78 is 58.6. The lowest BCUT2D eigenvalue weighted by atomic mass is 10.0. The molecule has 5 atom stereocenters. The molecule has 0 amide bonds. The van der Waals surface area contributed by atoms with E-state index in [1.807, 2.05) is 0 Å². The van der Waals surface area contributed by atoms with Crippen molar-refractivity contribution in [2.24, 2.45) is 0 Å². The quantitative estimate of drug-likeness (QED) is 0.490. The van der Waals surface area contributed by atoms with Crippen molar-refractivity contribution < 1.29 is 42.7 Å². The van der Waals surface area contributed by atoms with Crippen LogP contribution >= 0.6 is 23.4 Å². The smallest absolute Gasteiger partial charge is 0.416 e. The van der Waals surface area contributed by atoms with E-state index in [1.165, 1.54) is 18.2 Å². The van der Waals surface area contributed by atoms with Crippen LogP contribution in [0.1, 0.15) is 16.7 Å². The summed E-state index contributed by atoms with van der Waals surface area (Å²) >= 11 is 6.91. The Labute approximate surface area is 184 Å². The van der Waals surface area contributed by atoms with Gasteiger partial charge in [-0.2, -0.15) is 13.2 Å². The van der Waals surface area contributed by atoms with Crippen molar-refractivity contribution in [3.63, 3.8) is 0 Å². The Kier molecular flexibility index (Phi) is 7.39. The highest BCUT2D eigenvalue weighted by Gasteiger charge is 2.44. The molecule has 0 radical (unpaired) electrons. The summed E-state index contributed by atoms with van der Waals surface area (Å²) in [5, 5.41) is 39.0. The summed E-state index contributed by atoms with van der Waals surface area (Å²) in [5.74, 6) is -0.908. The Morgan fingerprint density at radius 2 is 1.71 bits per heavy atom. The van der Waals surface area contributed by atoms with E-state index in [9.17, 15) is 38.0 Å². The molecule has 170 valence electrons. The van der Waals surface area contributed by atoms with Crippen LogP contribution in [-0.4, -0.2) is 56.0 Å². The molecule has 0 aliphatic carbocycles. The molecule has 0 aromatic heterocycles. The molecule has 5 nitrogen and oxygen atoms in total. The van der Waals surface area contributed by atoms with Crippen LogP contribution < -0.4 is 4.74 Å². The second-order valence-corrected chi connectivity index (χ2v) is 8.87. The first kappa shape index (κ1) is 24.1. The lowest BCUT2D eigenvalue weighted by Gasteiger charge is -2.39. The monoisotopic (exact) mass is 482 g/mol. The van der Waals surface area contributed by atoms with Crippen LogP contribution in [0.3, 0.4) is 0 Å². The van der Waals surface area contributed by atoms with E-state index in [2.05, 4.69) is 0 Å². The Morgan fingerprint density at radius 3 is 2.35 bits per heavy atom. The molecule has 1 fully saturated rings. The molecule has 0 spiro atoms. The fourth-order valence-electron chi connectivity index (χ4n) is 3.23. The molecule has 1 saturated heterocycles. The van der Waals surface area contributed by atoms with Crippen molar-refractivity contribution in [3.8, 4) is 5.75 Å². The highest BCUT2D eigenvalue weighted by atomic mass is 35.5. The van der Waals surface area contributed by atoms with Gasteiger partial charge in [-0.05, 0) is 42.0 Å². The molecule has 0 unspecified atom stereocenters. The maximum absolute atomic E-state index is 13.8. The zero-order valence-electron chi connectivity index (χ0n) is 15.8. The standard InChI is InChI=1S/C20H19ClF4O5S/c21-12-1-2-14(30-19-18(29)17(28)16(27)15(8-26)31-19)10(6-12)3-9-4-11(20(23,24)25)7-13(22)5-9/h1-2,4-7,15-19,26-29H,3,8H2/t15-,16-,17+,18-,19-/m1/s1. The fourth-order valence-corrected chi connectivity index (χ4v) is 4.66. The van der Waals surface area contributed by atoms with Gasteiger partial charge in [0.1, 0.15) is 23.8 Å². The van der Waals surface area contributed by atoms with Gasteiger partial charge in [-0.1, -0.05) is 11.6 Å². The zero-order chi connectivity index (χ0) is 22.9. The van der Waals surface area contributed by atoms with Crippen LogP contribution in [-0.2, 0) is 12.6 Å². The molecule has 1 aliphatic rings. The first-order chi connectivity index (χ1) is 14.5. The van der Waals surface area contributed by atoms with Crippen LogP contribution in [0.25, 0.3) is 0 Å². The second-order valence-electron chi connectivity index (χ2n) is 7.09. The van der Waals surface area contributed by atoms with Gasteiger partial charge in [0.2, 0.25) is 0 Å². The number of benzene rings is 2. The summed E-state index contributed by atoms with van der Waals surface area (Å²) in [6.45, 7) is -0.480. The van der Waals surface area contributed by atoms with Crippen LogP contribution in [0.2, 0.25) is 5.02 Å². The first-order valence-corrected chi connectivity index (χ1v) is 10.4. The summed E-state index contributed by atoms with van der Waals surface area (Å²) in [4.78, 5) is 0. The number of ether oxygens (including phenoxy) is 1. The Bertz CT molecular complexity index is 927. The largest absolute Gasteiger partial charge is 0.477 e. The molecule has 0 saturated carbocycles. The van der Waals surface area contributed by atoms with Crippen LogP contribution in [0.4, 0.5) is 17.6 Å². The molecule has 1 heterocycles. The van der Waals surface area contributed by atoms with Crippen molar-refractivity contribution >= 4 is 23.4 Å². The SMILES string of the molecule is OC[C@H]1S[C@@H](Oc2ccc(Cl)cc2Cc2cc(F)cc(C(F)(F)F)c2)[C@H](O)[C@@H](O)[C@@H]1O. The van der Waals surface area contributed by atoms with E-state index < -0.39 is 53.2 Å². The summed E-state index contributed by atoms with van der Waals surface area (Å²) in [6.07, 6.45) is -9.32. The summed E-state index contributed by atoms with van der Waals surface area (Å²) in [7, 11) is 0. The Hall–Kier alpha value is -1.56. The van der Waals surface area contributed by atoms with Crippen LogP contribution in [0.5, 0.6) is 5.75 Å². The summed E-state index contributed by atoms with van der Waals surface area (Å²) in [5.41, 5.74) is -1.87. The van der Waals surface area contributed by atoms with Crippen LogP contribution in [0, 0.1) is 5.82 Å². The van der Waals surface area contributed by atoms with E-state index in [1.54, 1.807) is 0 Å². The third kappa shape index (κ3) is 5.63. The zero-order valence-corrected chi connectivity index (χ0v) is 17.3. The number of hydrogen-bond acceptors (Lipinski definition) is 6. The van der Waals surface area contributed by atoms with E-state index in [4.69, 9.17) is 16.3 Å². The summed E-state index contributed by atoms with van der Waals surface area (Å²) in [6, 6.07) is 6.51. The molecule has 0 bridgehead atoms. The van der Waals surface area contributed by atoms with Gasteiger partial charge in [0.25, 0.3) is 0 Å². The predicted octanol–water partition coefficient (Wildman–Crippen LogP) is 2.98. The molecular formula is C20H19ClF4O5S. The van der Waals surface area contributed by atoms with Crippen molar-refractivity contribution in [2.75, 3.05) is 6.61 Å². The lowest BCUT2D eigenvalue weighted by Crippen LogP contribution is -2.55. The van der Waals surface area contributed by atoms with E-state index in [0.717, 1.165) is 23.9 Å². The van der Waals surface area contributed by atoms with Gasteiger partial charge in [-0.25, -0.2) is 4.39 Å². The predicted molar refractivity (Wildman–Crippen MR) is 107 cm³/mol. The number of halogens is 5. The van der Waals surface area contributed by atoms with Crippen molar-refractivity contribution in [1.82, 2.24) is 0 Å². The van der Waals surface area contributed by atoms with Gasteiger partial charge in [-0.3, -0.25) is 0 Å². The Balaban J connectivity index is 1.89. The van der Waals surface area contributed by atoms with Gasteiger partial charge in [0.15, 0.2) is 5.44 Å². The van der Waals surface area contributed by atoms with E-state index in [-0.39, 0.29) is 22.8 Å². The van der Waals surface area contributed by atoms with Gasteiger partial charge >= 0.3 is 6.18 Å². The number of alkyl halides is 3. The fraction of sp³-hybridized carbons (Fsp3) is 0.400. The second kappa shape index (κ2) is 9.51. The molecule has 2 aromatic carbocycles. The number of hydrogen-bond donors (Lipinski definition) is 4. The van der Waals surface area contributed by atoms with Gasteiger partial charge in [0, 0.05) is 17.0 Å². The molecule has 31 heavy (non-hydrogen) atoms. The number of thioether (sulfide) groups is 1. The maximum Gasteiger partial charge on any atom is 0.416 e. The maximum atomic E-state index is 13.8. The number of aliphatic hydroxyl groups is 4. The molecule has 1 aliphatic heterocycles. The van der Waals surface area contributed by atoms with E-state index >= 15 is 0 Å². The number of rotatable bonds is 5. The molecule has 2 aromatic rings. The first-order valence-electron chi connectivity index (χ1n) is 9.12. The minimum absolute atomic E-state index is 0.0278.